The van der Waals surface area contributed by atoms with Crippen molar-refractivity contribution in [2.45, 2.75) is 16.9 Å². The van der Waals surface area contributed by atoms with E-state index in [0.717, 1.165) is 0 Å². The van der Waals surface area contributed by atoms with Gasteiger partial charge in [-0.05, 0) is 25.1 Å². The molecule has 2 rings (SSSR count). The molecular formula is C11H15NO3S. The summed E-state index contributed by atoms with van der Waals surface area (Å²) in [5, 5.41) is 12.5. The number of aliphatic hydroxyl groups is 1. The Morgan fingerprint density at radius 2 is 2.12 bits per heavy atom. The van der Waals surface area contributed by atoms with Crippen LogP contribution in [0.15, 0.2) is 29.2 Å². The average molecular weight is 241 g/mol. The summed E-state index contributed by atoms with van der Waals surface area (Å²) in [6, 6.07) is 6.87. The van der Waals surface area contributed by atoms with Crippen LogP contribution >= 0.6 is 0 Å². The second kappa shape index (κ2) is 3.84. The first-order valence-electron chi connectivity index (χ1n) is 5.18. The predicted molar refractivity (Wildman–Crippen MR) is 60.9 cm³/mol. The van der Waals surface area contributed by atoms with Gasteiger partial charge >= 0.3 is 0 Å². The molecule has 0 saturated heterocycles. The molecule has 1 atom stereocenters. The molecule has 1 aliphatic heterocycles. The van der Waals surface area contributed by atoms with E-state index in [1.807, 2.05) is 0 Å². The van der Waals surface area contributed by atoms with E-state index in [1.54, 1.807) is 31.3 Å². The van der Waals surface area contributed by atoms with E-state index in [-0.39, 0.29) is 12.4 Å². The zero-order valence-electron chi connectivity index (χ0n) is 9.10. The molecule has 0 spiro atoms. The van der Waals surface area contributed by atoms with Gasteiger partial charge in [0.2, 0.25) is 0 Å². The van der Waals surface area contributed by atoms with Crippen molar-refractivity contribution in [3.8, 4) is 0 Å². The Balaban J connectivity index is 2.68. The fourth-order valence-electron chi connectivity index (χ4n) is 2.19. The number of fused-ring (bicyclic) bond motifs is 1. The van der Waals surface area contributed by atoms with E-state index < -0.39 is 15.4 Å². The van der Waals surface area contributed by atoms with Crippen molar-refractivity contribution < 1.29 is 13.5 Å². The fourth-order valence-corrected chi connectivity index (χ4v) is 3.91. The fraction of sp³-hybridized carbons (Fsp3) is 0.455. The topological polar surface area (TPSA) is 66.4 Å². The molecular weight excluding hydrogens is 226 g/mol. The van der Waals surface area contributed by atoms with Crippen LogP contribution in [0.25, 0.3) is 0 Å². The normalized spacial score (nSPS) is 27.4. The molecule has 5 heteroatoms. The largest absolute Gasteiger partial charge is 0.394 e. The van der Waals surface area contributed by atoms with Crippen molar-refractivity contribution in [1.82, 2.24) is 5.32 Å². The Labute approximate surface area is 95.2 Å². The third-order valence-electron chi connectivity index (χ3n) is 3.28. The Morgan fingerprint density at radius 1 is 1.44 bits per heavy atom. The maximum atomic E-state index is 11.9. The van der Waals surface area contributed by atoms with Crippen LogP contribution in [0, 0.1) is 0 Å². The minimum Gasteiger partial charge on any atom is -0.394 e. The molecule has 1 heterocycles. The number of aliphatic hydroxyl groups excluding tert-OH is 1. The van der Waals surface area contributed by atoms with Gasteiger partial charge in [-0.2, -0.15) is 0 Å². The van der Waals surface area contributed by atoms with Crippen LogP contribution in [-0.4, -0.2) is 32.9 Å². The molecule has 0 saturated carbocycles. The van der Waals surface area contributed by atoms with Crippen LogP contribution in [0.3, 0.4) is 0 Å². The number of benzene rings is 1. The molecule has 16 heavy (non-hydrogen) atoms. The molecule has 2 N–H and O–H groups in total. The number of sulfone groups is 1. The summed E-state index contributed by atoms with van der Waals surface area (Å²) in [6.07, 6.45) is 0.402. The molecule has 0 fully saturated rings. The molecule has 4 nitrogen and oxygen atoms in total. The van der Waals surface area contributed by atoms with Crippen molar-refractivity contribution in [2.75, 3.05) is 19.4 Å². The molecule has 0 aromatic heterocycles. The lowest BCUT2D eigenvalue weighted by Gasteiger charge is -2.37. The standard InChI is InChI=1S/C11H15NO3S/c1-12-11(8-13)6-7-16(14,15)10-5-3-2-4-9(10)11/h2-5,12-13H,6-8H2,1H3. The van der Waals surface area contributed by atoms with Gasteiger partial charge < -0.3 is 10.4 Å². The molecule has 0 bridgehead atoms. The summed E-state index contributed by atoms with van der Waals surface area (Å²) in [7, 11) is -1.44. The summed E-state index contributed by atoms with van der Waals surface area (Å²) in [4.78, 5) is 0.338. The lowest BCUT2D eigenvalue weighted by molar-refractivity contribution is 0.160. The highest BCUT2D eigenvalue weighted by Crippen LogP contribution is 2.36. The zero-order chi connectivity index (χ0) is 11.8. The quantitative estimate of drug-likeness (QED) is 0.780. The Bertz CT molecular complexity index is 492. The number of likely N-dealkylation sites (N-methyl/N-ethyl adjacent to an activating group) is 1. The van der Waals surface area contributed by atoms with E-state index in [2.05, 4.69) is 5.32 Å². The first-order chi connectivity index (χ1) is 7.56. The van der Waals surface area contributed by atoms with Crippen molar-refractivity contribution in [2.24, 2.45) is 0 Å². The second-order valence-corrected chi connectivity index (χ2v) is 6.13. The van der Waals surface area contributed by atoms with Crippen LogP contribution in [0.1, 0.15) is 12.0 Å². The van der Waals surface area contributed by atoms with Crippen molar-refractivity contribution in [1.29, 1.82) is 0 Å². The van der Waals surface area contributed by atoms with Crippen LogP contribution in [0.4, 0.5) is 0 Å². The molecule has 1 aliphatic rings. The highest BCUT2D eigenvalue weighted by Gasteiger charge is 2.40. The number of hydrogen-bond donors (Lipinski definition) is 2. The minimum atomic E-state index is -3.18. The maximum absolute atomic E-state index is 11.9. The lowest BCUT2D eigenvalue weighted by atomic mass is 9.87. The minimum absolute atomic E-state index is 0.0748. The van der Waals surface area contributed by atoms with Gasteiger partial charge in [-0.25, -0.2) is 8.42 Å². The summed E-state index contributed by atoms with van der Waals surface area (Å²) >= 11 is 0. The van der Waals surface area contributed by atoms with Gasteiger partial charge in [0.05, 0.1) is 22.8 Å². The molecule has 1 aromatic rings. The van der Waals surface area contributed by atoms with Crippen molar-refractivity contribution in [3.63, 3.8) is 0 Å². The average Bonchev–Trinajstić information content (AvgIpc) is 2.31. The number of rotatable bonds is 2. The Kier molecular flexibility index (Phi) is 2.77. The highest BCUT2D eigenvalue weighted by atomic mass is 32.2. The first kappa shape index (κ1) is 11.6. The molecule has 0 amide bonds. The second-order valence-electron chi connectivity index (χ2n) is 4.06. The van der Waals surface area contributed by atoms with Crippen molar-refractivity contribution in [3.05, 3.63) is 29.8 Å². The van der Waals surface area contributed by atoms with Crippen LogP contribution < -0.4 is 5.32 Å². The number of hydrogen-bond acceptors (Lipinski definition) is 4. The highest BCUT2D eigenvalue weighted by molar-refractivity contribution is 7.91. The van der Waals surface area contributed by atoms with E-state index in [0.29, 0.717) is 16.9 Å². The molecule has 0 radical (unpaired) electrons. The van der Waals surface area contributed by atoms with Gasteiger partial charge in [0, 0.05) is 0 Å². The summed E-state index contributed by atoms with van der Waals surface area (Å²) in [6.45, 7) is -0.101. The van der Waals surface area contributed by atoms with E-state index in [9.17, 15) is 13.5 Å². The van der Waals surface area contributed by atoms with Crippen LogP contribution in [0.5, 0.6) is 0 Å². The molecule has 1 unspecified atom stereocenters. The zero-order valence-corrected chi connectivity index (χ0v) is 9.92. The Morgan fingerprint density at radius 3 is 2.75 bits per heavy atom. The van der Waals surface area contributed by atoms with Gasteiger partial charge in [-0.3, -0.25) is 0 Å². The number of nitrogens with one attached hydrogen (secondary N) is 1. The van der Waals surface area contributed by atoms with Crippen molar-refractivity contribution >= 4 is 9.84 Å². The smallest absolute Gasteiger partial charge is 0.178 e. The third-order valence-corrected chi connectivity index (χ3v) is 5.05. The van der Waals surface area contributed by atoms with Gasteiger partial charge in [0.25, 0.3) is 0 Å². The summed E-state index contributed by atoms with van der Waals surface area (Å²) < 4.78 is 23.8. The van der Waals surface area contributed by atoms with E-state index in [1.165, 1.54) is 0 Å². The monoisotopic (exact) mass is 241 g/mol. The Hall–Kier alpha value is -0.910. The summed E-state index contributed by atoms with van der Waals surface area (Å²) in [5.41, 5.74) is 0.0494. The van der Waals surface area contributed by atoms with E-state index in [4.69, 9.17) is 0 Å². The molecule has 88 valence electrons. The maximum Gasteiger partial charge on any atom is 0.178 e. The van der Waals surface area contributed by atoms with Gasteiger partial charge in [-0.1, -0.05) is 18.2 Å². The first-order valence-corrected chi connectivity index (χ1v) is 6.83. The third kappa shape index (κ3) is 1.55. The van der Waals surface area contributed by atoms with E-state index >= 15 is 0 Å². The molecule has 0 aliphatic carbocycles. The predicted octanol–water partition coefficient (Wildman–Crippen LogP) is 0.271. The van der Waals surface area contributed by atoms with Gasteiger partial charge in [0.15, 0.2) is 9.84 Å². The van der Waals surface area contributed by atoms with Crippen LogP contribution in [0.2, 0.25) is 0 Å². The SMILES string of the molecule is CNC1(CO)CCS(=O)(=O)c2ccccc21. The lowest BCUT2D eigenvalue weighted by Crippen LogP contribution is -2.48. The molecule has 1 aromatic carbocycles. The van der Waals surface area contributed by atoms with Gasteiger partial charge in [0.1, 0.15) is 0 Å². The summed E-state index contributed by atoms with van der Waals surface area (Å²) in [5.74, 6) is 0.0748. The van der Waals surface area contributed by atoms with Gasteiger partial charge in [-0.15, -0.1) is 0 Å². The van der Waals surface area contributed by atoms with Crippen LogP contribution in [-0.2, 0) is 15.4 Å².